The van der Waals surface area contributed by atoms with Crippen molar-refractivity contribution < 1.29 is 4.79 Å². The predicted molar refractivity (Wildman–Crippen MR) is 59.1 cm³/mol. The highest BCUT2D eigenvalue weighted by molar-refractivity contribution is 5.79. The van der Waals surface area contributed by atoms with E-state index >= 15 is 0 Å². The van der Waals surface area contributed by atoms with Crippen LogP contribution in [-0.2, 0) is 4.79 Å². The Balaban J connectivity index is 2.04. The fourth-order valence-corrected chi connectivity index (χ4v) is 1.74. The van der Waals surface area contributed by atoms with Gasteiger partial charge in [-0.2, -0.15) is 0 Å². The summed E-state index contributed by atoms with van der Waals surface area (Å²) in [4.78, 5) is 17.3. The predicted octanol–water partition coefficient (Wildman–Crippen LogP) is 1.72. The summed E-state index contributed by atoms with van der Waals surface area (Å²) in [6.45, 7) is 0. The second kappa shape index (κ2) is 4.26. The van der Waals surface area contributed by atoms with E-state index in [9.17, 15) is 4.79 Å². The van der Waals surface area contributed by atoms with Crippen molar-refractivity contribution in [3.8, 4) is 0 Å². The molecule has 0 saturated carbocycles. The number of pyridine rings is 1. The molecule has 1 aromatic heterocycles. The topological polar surface area (TPSA) is 33.2 Å². The molecule has 3 nitrogen and oxygen atoms in total. The molecule has 15 heavy (non-hydrogen) atoms. The van der Waals surface area contributed by atoms with E-state index in [1.165, 1.54) is 0 Å². The minimum absolute atomic E-state index is 0.227. The molecule has 1 aliphatic heterocycles. The highest BCUT2D eigenvalue weighted by Gasteiger charge is 2.24. The van der Waals surface area contributed by atoms with Crippen molar-refractivity contribution in [3.63, 3.8) is 0 Å². The zero-order valence-corrected chi connectivity index (χ0v) is 8.76. The summed E-state index contributed by atoms with van der Waals surface area (Å²) in [6, 6.07) is 6.03. The molecule has 1 aromatic rings. The summed E-state index contributed by atoms with van der Waals surface area (Å²) in [5, 5.41) is 0. The molecule has 1 amide bonds. The molecule has 1 atom stereocenters. The summed E-state index contributed by atoms with van der Waals surface area (Å²) in [6.07, 6.45) is 7.36. The second-order valence-corrected chi connectivity index (χ2v) is 3.72. The molecule has 0 spiro atoms. The highest BCUT2D eigenvalue weighted by atomic mass is 16.2. The molecule has 3 heteroatoms. The van der Waals surface area contributed by atoms with Gasteiger partial charge < -0.3 is 4.90 Å². The number of hydrogen-bond donors (Lipinski definition) is 0. The average Bonchev–Trinajstić information content (AvgIpc) is 2.59. The fraction of sp³-hybridized carbons (Fsp3) is 0.333. The molecule has 1 saturated heterocycles. The molecule has 78 valence electrons. The van der Waals surface area contributed by atoms with Gasteiger partial charge in [-0.1, -0.05) is 12.1 Å². The van der Waals surface area contributed by atoms with Crippen molar-refractivity contribution in [3.05, 3.63) is 36.2 Å². The number of aromatic nitrogens is 1. The van der Waals surface area contributed by atoms with E-state index in [1.807, 2.05) is 37.4 Å². The summed E-state index contributed by atoms with van der Waals surface area (Å²) < 4.78 is 0. The fourth-order valence-electron chi connectivity index (χ4n) is 1.74. The smallest absolute Gasteiger partial charge is 0.222 e. The molecular weight excluding hydrogens is 188 g/mol. The highest BCUT2D eigenvalue weighted by Crippen LogP contribution is 2.18. The van der Waals surface area contributed by atoms with Gasteiger partial charge in [-0.05, 0) is 24.6 Å². The standard InChI is InChI=1S/C12H14N2O/c1-14-11(7-8-12(14)15)6-5-10-4-2-3-9-13-10/h2-6,9,11H,7-8H2,1H3/b6-5-/t11-/m1/s1. The lowest BCUT2D eigenvalue weighted by atomic mass is 10.2. The third-order valence-corrected chi connectivity index (χ3v) is 2.72. The number of amides is 1. The maximum atomic E-state index is 11.3. The van der Waals surface area contributed by atoms with Crippen LogP contribution in [-0.4, -0.2) is 28.9 Å². The van der Waals surface area contributed by atoms with E-state index in [1.54, 1.807) is 11.1 Å². The summed E-state index contributed by atoms with van der Waals surface area (Å²) in [7, 11) is 1.85. The van der Waals surface area contributed by atoms with Crippen molar-refractivity contribution in [2.24, 2.45) is 0 Å². The first-order chi connectivity index (χ1) is 7.27. The molecule has 0 radical (unpaired) electrons. The third-order valence-electron chi connectivity index (χ3n) is 2.72. The van der Waals surface area contributed by atoms with Gasteiger partial charge in [-0.15, -0.1) is 0 Å². The van der Waals surface area contributed by atoms with Gasteiger partial charge in [0.1, 0.15) is 0 Å². The number of likely N-dealkylation sites (N-methyl/N-ethyl adjacent to an activating group) is 1. The molecule has 0 aliphatic carbocycles. The van der Waals surface area contributed by atoms with Gasteiger partial charge in [0, 0.05) is 19.7 Å². The molecule has 0 N–H and O–H groups in total. The monoisotopic (exact) mass is 202 g/mol. The number of hydrogen-bond acceptors (Lipinski definition) is 2. The zero-order chi connectivity index (χ0) is 10.7. The van der Waals surface area contributed by atoms with Gasteiger partial charge in [0.15, 0.2) is 0 Å². The molecule has 0 aromatic carbocycles. The Morgan fingerprint density at radius 2 is 2.40 bits per heavy atom. The van der Waals surface area contributed by atoms with Crippen molar-refractivity contribution >= 4 is 12.0 Å². The minimum atomic E-state index is 0.227. The van der Waals surface area contributed by atoms with Crippen LogP contribution in [0, 0.1) is 0 Å². The Morgan fingerprint density at radius 1 is 1.53 bits per heavy atom. The van der Waals surface area contributed by atoms with E-state index in [2.05, 4.69) is 4.98 Å². The van der Waals surface area contributed by atoms with Crippen LogP contribution >= 0.6 is 0 Å². The van der Waals surface area contributed by atoms with E-state index in [0.29, 0.717) is 6.42 Å². The van der Waals surface area contributed by atoms with Gasteiger partial charge in [-0.3, -0.25) is 9.78 Å². The minimum Gasteiger partial charge on any atom is -0.339 e. The van der Waals surface area contributed by atoms with Crippen molar-refractivity contribution in [1.29, 1.82) is 0 Å². The van der Waals surface area contributed by atoms with E-state index in [0.717, 1.165) is 12.1 Å². The van der Waals surface area contributed by atoms with E-state index < -0.39 is 0 Å². The molecular formula is C12H14N2O. The SMILES string of the molecule is CN1C(=O)CC[C@H]1/C=C\c1ccccn1. The van der Waals surface area contributed by atoms with Crippen LogP contribution in [0.2, 0.25) is 0 Å². The molecule has 0 unspecified atom stereocenters. The van der Waals surface area contributed by atoms with E-state index in [-0.39, 0.29) is 11.9 Å². The number of rotatable bonds is 2. The molecule has 1 aliphatic rings. The van der Waals surface area contributed by atoms with Crippen LogP contribution in [0.15, 0.2) is 30.5 Å². The van der Waals surface area contributed by atoms with Crippen LogP contribution < -0.4 is 0 Å². The maximum Gasteiger partial charge on any atom is 0.222 e. The van der Waals surface area contributed by atoms with Gasteiger partial charge in [0.25, 0.3) is 0 Å². The van der Waals surface area contributed by atoms with Gasteiger partial charge in [-0.25, -0.2) is 0 Å². The number of likely N-dealkylation sites (tertiary alicyclic amines) is 1. The van der Waals surface area contributed by atoms with Gasteiger partial charge in [0.05, 0.1) is 11.7 Å². The van der Waals surface area contributed by atoms with Crippen LogP contribution in [0.25, 0.3) is 6.08 Å². The van der Waals surface area contributed by atoms with Gasteiger partial charge >= 0.3 is 0 Å². The lowest BCUT2D eigenvalue weighted by Gasteiger charge is -2.15. The van der Waals surface area contributed by atoms with Crippen molar-refractivity contribution in [1.82, 2.24) is 9.88 Å². The van der Waals surface area contributed by atoms with Crippen LogP contribution in [0.3, 0.4) is 0 Å². The molecule has 2 rings (SSSR count). The summed E-state index contributed by atoms with van der Waals surface area (Å²) in [5.74, 6) is 0.227. The number of carbonyl (C=O) groups excluding carboxylic acids is 1. The quantitative estimate of drug-likeness (QED) is 0.731. The Labute approximate surface area is 89.4 Å². The summed E-state index contributed by atoms with van der Waals surface area (Å²) >= 11 is 0. The third kappa shape index (κ3) is 2.24. The van der Waals surface area contributed by atoms with Crippen LogP contribution in [0.1, 0.15) is 18.5 Å². The summed E-state index contributed by atoms with van der Waals surface area (Å²) in [5.41, 5.74) is 0.935. The normalized spacial score (nSPS) is 21.5. The molecule has 0 bridgehead atoms. The Morgan fingerprint density at radius 3 is 3.00 bits per heavy atom. The van der Waals surface area contributed by atoms with Crippen molar-refractivity contribution in [2.45, 2.75) is 18.9 Å². The Kier molecular flexibility index (Phi) is 2.81. The van der Waals surface area contributed by atoms with Gasteiger partial charge in [0.2, 0.25) is 5.91 Å². The van der Waals surface area contributed by atoms with E-state index in [4.69, 9.17) is 0 Å². The first kappa shape index (κ1) is 9.90. The largest absolute Gasteiger partial charge is 0.339 e. The molecule has 2 heterocycles. The number of nitrogens with zero attached hydrogens (tertiary/aromatic N) is 2. The maximum absolute atomic E-state index is 11.3. The lowest BCUT2D eigenvalue weighted by Crippen LogP contribution is -2.26. The Hall–Kier alpha value is -1.64. The lowest BCUT2D eigenvalue weighted by molar-refractivity contribution is -0.127. The van der Waals surface area contributed by atoms with Crippen LogP contribution in [0.5, 0.6) is 0 Å². The Bertz CT molecular complexity index is 372. The van der Waals surface area contributed by atoms with Crippen LogP contribution in [0.4, 0.5) is 0 Å². The number of carbonyl (C=O) groups is 1. The van der Waals surface area contributed by atoms with Crippen molar-refractivity contribution in [2.75, 3.05) is 7.05 Å². The first-order valence-electron chi connectivity index (χ1n) is 5.12. The second-order valence-electron chi connectivity index (χ2n) is 3.72. The molecule has 1 fully saturated rings. The zero-order valence-electron chi connectivity index (χ0n) is 8.76. The average molecular weight is 202 g/mol. The first-order valence-corrected chi connectivity index (χ1v) is 5.12.